The summed E-state index contributed by atoms with van der Waals surface area (Å²) in [4.78, 5) is 4.18. The number of nitrogens with zero attached hydrogens (tertiary/aromatic N) is 1. The lowest BCUT2D eigenvalue weighted by molar-refractivity contribution is 0.634. The molecule has 82 valence electrons. The molecule has 0 atom stereocenters. The van der Waals surface area contributed by atoms with Crippen LogP contribution in [0.25, 0.3) is 10.8 Å². The van der Waals surface area contributed by atoms with Crippen molar-refractivity contribution in [3.05, 3.63) is 42.2 Å². The van der Waals surface area contributed by atoms with Crippen molar-refractivity contribution in [1.29, 1.82) is 0 Å². The Hall–Kier alpha value is -1.41. The number of aromatic nitrogens is 1. The molecule has 0 unspecified atom stereocenters. The van der Waals surface area contributed by atoms with Gasteiger partial charge in [-0.25, -0.2) is 0 Å². The van der Waals surface area contributed by atoms with E-state index < -0.39 is 0 Å². The molecule has 2 nitrogen and oxygen atoms in total. The smallest absolute Gasteiger partial charge is 0.0346 e. The van der Waals surface area contributed by atoms with Crippen LogP contribution in [0.1, 0.15) is 24.8 Å². The molecule has 16 heavy (non-hydrogen) atoms. The molecule has 2 aromatic rings. The molecule has 1 aromatic carbocycles. The number of pyridine rings is 1. The van der Waals surface area contributed by atoms with Crippen LogP contribution in [0.3, 0.4) is 0 Å². The molecule has 1 aliphatic carbocycles. The summed E-state index contributed by atoms with van der Waals surface area (Å²) in [5.74, 6) is 0. The highest BCUT2D eigenvalue weighted by molar-refractivity contribution is 5.86. The van der Waals surface area contributed by atoms with Gasteiger partial charge in [0.25, 0.3) is 0 Å². The van der Waals surface area contributed by atoms with E-state index in [4.69, 9.17) is 5.73 Å². The fraction of sp³-hybridized carbons (Fsp3) is 0.357. The third-order valence-electron chi connectivity index (χ3n) is 3.73. The molecular formula is C14H16N2. The van der Waals surface area contributed by atoms with Crippen molar-refractivity contribution >= 4 is 10.8 Å². The molecule has 1 aromatic heterocycles. The molecule has 1 fully saturated rings. The molecule has 3 rings (SSSR count). The Morgan fingerprint density at radius 3 is 2.88 bits per heavy atom. The van der Waals surface area contributed by atoms with Crippen LogP contribution in [0.15, 0.2) is 36.7 Å². The van der Waals surface area contributed by atoms with Crippen molar-refractivity contribution in [2.45, 2.75) is 24.7 Å². The second kappa shape index (κ2) is 3.56. The van der Waals surface area contributed by atoms with Gasteiger partial charge in [0, 0.05) is 17.8 Å². The van der Waals surface area contributed by atoms with E-state index in [-0.39, 0.29) is 0 Å². The first kappa shape index (κ1) is 9.79. The van der Waals surface area contributed by atoms with Crippen molar-refractivity contribution in [3.63, 3.8) is 0 Å². The third-order valence-corrected chi connectivity index (χ3v) is 3.73. The first-order valence-electron chi connectivity index (χ1n) is 5.89. The zero-order valence-electron chi connectivity index (χ0n) is 9.32. The van der Waals surface area contributed by atoms with Crippen molar-refractivity contribution in [3.8, 4) is 0 Å². The number of fused-ring (bicyclic) bond motifs is 1. The van der Waals surface area contributed by atoms with Gasteiger partial charge in [-0.05, 0) is 48.2 Å². The molecule has 2 N–H and O–H groups in total. The predicted molar refractivity (Wildman–Crippen MR) is 66.3 cm³/mol. The fourth-order valence-corrected chi connectivity index (χ4v) is 2.67. The quantitative estimate of drug-likeness (QED) is 0.849. The summed E-state index contributed by atoms with van der Waals surface area (Å²) in [5, 5.41) is 2.59. The SMILES string of the molecule is NCCC1(c2cccc3cnccc23)CC1. The molecular weight excluding hydrogens is 196 g/mol. The van der Waals surface area contributed by atoms with Gasteiger partial charge in [0.15, 0.2) is 0 Å². The van der Waals surface area contributed by atoms with Crippen LogP contribution in [0.4, 0.5) is 0 Å². The monoisotopic (exact) mass is 212 g/mol. The van der Waals surface area contributed by atoms with Gasteiger partial charge in [0.05, 0.1) is 0 Å². The normalized spacial score (nSPS) is 17.6. The molecule has 2 heteroatoms. The van der Waals surface area contributed by atoms with E-state index in [1.165, 1.54) is 29.2 Å². The molecule has 0 radical (unpaired) electrons. The van der Waals surface area contributed by atoms with E-state index in [2.05, 4.69) is 29.2 Å². The van der Waals surface area contributed by atoms with Gasteiger partial charge in [0.1, 0.15) is 0 Å². The second-order valence-corrected chi connectivity index (χ2v) is 4.72. The van der Waals surface area contributed by atoms with Crippen LogP contribution in [-0.2, 0) is 5.41 Å². The van der Waals surface area contributed by atoms with Gasteiger partial charge in [-0.1, -0.05) is 18.2 Å². The zero-order chi connectivity index (χ0) is 11.0. The number of rotatable bonds is 3. The Labute approximate surface area is 95.5 Å². The Morgan fingerprint density at radius 1 is 1.25 bits per heavy atom. The van der Waals surface area contributed by atoms with E-state index in [1.807, 2.05) is 12.4 Å². The minimum atomic E-state index is 0.371. The van der Waals surface area contributed by atoms with Crippen LogP contribution >= 0.6 is 0 Å². The molecule has 0 aliphatic heterocycles. The first-order chi connectivity index (χ1) is 7.86. The molecule has 1 aliphatic rings. The lowest BCUT2D eigenvalue weighted by Crippen LogP contribution is -2.13. The fourth-order valence-electron chi connectivity index (χ4n) is 2.67. The van der Waals surface area contributed by atoms with Crippen LogP contribution in [0.5, 0.6) is 0 Å². The van der Waals surface area contributed by atoms with E-state index in [0.29, 0.717) is 5.41 Å². The maximum atomic E-state index is 5.72. The highest BCUT2D eigenvalue weighted by Crippen LogP contribution is 2.52. The molecule has 0 amide bonds. The summed E-state index contributed by atoms with van der Waals surface area (Å²) in [6, 6.07) is 8.65. The molecule has 0 saturated heterocycles. The van der Waals surface area contributed by atoms with Crippen molar-refractivity contribution < 1.29 is 0 Å². The Balaban J connectivity index is 2.17. The highest BCUT2D eigenvalue weighted by atomic mass is 14.6. The number of benzene rings is 1. The van der Waals surface area contributed by atoms with Crippen LogP contribution in [0, 0.1) is 0 Å². The van der Waals surface area contributed by atoms with Crippen molar-refractivity contribution in [2.75, 3.05) is 6.54 Å². The van der Waals surface area contributed by atoms with Crippen molar-refractivity contribution in [2.24, 2.45) is 5.73 Å². The van der Waals surface area contributed by atoms with Gasteiger partial charge in [0.2, 0.25) is 0 Å². The molecule has 1 heterocycles. The Bertz CT molecular complexity index is 510. The number of hydrogen-bond acceptors (Lipinski definition) is 2. The van der Waals surface area contributed by atoms with Gasteiger partial charge < -0.3 is 5.73 Å². The first-order valence-corrected chi connectivity index (χ1v) is 5.89. The van der Waals surface area contributed by atoms with Crippen LogP contribution in [0.2, 0.25) is 0 Å². The summed E-state index contributed by atoms with van der Waals surface area (Å²) in [5.41, 5.74) is 7.56. The zero-order valence-corrected chi connectivity index (χ0v) is 9.32. The molecule has 0 spiro atoms. The van der Waals surface area contributed by atoms with E-state index >= 15 is 0 Å². The van der Waals surface area contributed by atoms with E-state index in [0.717, 1.165) is 13.0 Å². The average molecular weight is 212 g/mol. The van der Waals surface area contributed by atoms with E-state index in [9.17, 15) is 0 Å². The minimum absolute atomic E-state index is 0.371. The third kappa shape index (κ3) is 1.41. The standard InChI is InChI=1S/C14H16N2/c15-8-7-14(5-6-14)13-3-1-2-11-10-16-9-4-12(11)13/h1-4,9-10H,5-8,15H2. The summed E-state index contributed by atoms with van der Waals surface area (Å²) in [6.45, 7) is 0.779. The van der Waals surface area contributed by atoms with E-state index in [1.54, 1.807) is 0 Å². The average Bonchev–Trinajstić information content (AvgIpc) is 3.10. The highest BCUT2D eigenvalue weighted by Gasteiger charge is 2.43. The Morgan fingerprint density at radius 2 is 2.12 bits per heavy atom. The van der Waals surface area contributed by atoms with Gasteiger partial charge in [-0.3, -0.25) is 4.98 Å². The molecule has 0 bridgehead atoms. The summed E-state index contributed by atoms with van der Waals surface area (Å²) in [7, 11) is 0. The number of nitrogens with two attached hydrogens (primary N) is 1. The maximum Gasteiger partial charge on any atom is 0.0346 e. The predicted octanol–water partition coefficient (Wildman–Crippen LogP) is 2.62. The summed E-state index contributed by atoms with van der Waals surface area (Å²) >= 11 is 0. The lowest BCUT2D eigenvalue weighted by atomic mass is 9.89. The van der Waals surface area contributed by atoms with Crippen LogP contribution < -0.4 is 5.73 Å². The topological polar surface area (TPSA) is 38.9 Å². The minimum Gasteiger partial charge on any atom is -0.330 e. The summed E-state index contributed by atoms with van der Waals surface area (Å²) < 4.78 is 0. The van der Waals surface area contributed by atoms with Gasteiger partial charge in [-0.2, -0.15) is 0 Å². The van der Waals surface area contributed by atoms with Crippen LogP contribution in [-0.4, -0.2) is 11.5 Å². The second-order valence-electron chi connectivity index (χ2n) is 4.72. The lowest BCUT2D eigenvalue weighted by Gasteiger charge is -2.16. The summed E-state index contributed by atoms with van der Waals surface area (Å²) in [6.07, 6.45) is 7.49. The largest absolute Gasteiger partial charge is 0.330 e. The van der Waals surface area contributed by atoms with Gasteiger partial charge >= 0.3 is 0 Å². The van der Waals surface area contributed by atoms with Crippen molar-refractivity contribution in [1.82, 2.24) is 4.98 Å². The number of hydrogen-bond donors (Lipinski definition) is 1. The maximum absolute atomic E-state index is 5.72. The van der Waals surface area contributed by atoms with Gasteiger partial charge in [-0.15, -0.1) is 0 Å². The Kier molecular flexibility index (Phi) is 2.18. The molecule has 1 saturated carbocycles.